The van der Waals surface area contributed by atoms with Crippen LogP contribution in [0.1, 0.15) is 73.0 Å². The SMILES string of the molecule is Cc1noc(C)c1S(=O)(=O)Nc1ccc2c(c1)C(=O)N([C@@H](C)CO)C[C@H](C)[C@H](CN(C)Cc1ccc(C(F)(F)F)cc1)OCCCC[C@@H](C)O2. The van der Waals surface area contributed by atoms with Crippen LogP contribution in [0.2, 0.25) is 0 Å². The fourth-order valence-electron chi connectivity index (χ4n) is 6.00. The zero-order chi connectivity index (χ0) is 36.8. The number of anilines is 1. The zero-order valence-corrected chi connectivity index (χ0v) is 30.1. The lowest BCUT2D eigenvalue weighted by Crippen LogP contribution is -2.47. The number of benzene rings is 2. The summed E-state index contributed by atoms with van der Waals surface area (Å²) in [5, 5.41) is 14.0. The number of likely N-dealkylation sites (N-methyl/N-ethyl adjacent to an activating group) is 1. The molecule has 1 aromatic heterocycles. The molecule has 3 aromatic rings. The van der Waals surface area contributed by atoms with E-state index < -0.39 is 33.7 Å². The number of rotatable bonds is 9. The standard InChI is InChI=1S/C35H47F3N4O7S/c1-22-18-42(23(2)21-43)34(44)30-17-29(40-50(45,46)33-25(4)39-49-26(33)5)14-15-31(30)48-24(3)9-7-8-16-47-32(22)20-41(6)19-27-10-12-28(13-11-27)35(36,37)38/h10-15,17,22-24,32,40,43H,7-9,16,18-21H2,1-6H3/t22-,23-,24+,32-/m0/s1. The van der Waals surface area contributed by atoms with E-state index >= 15 is 0 Å². The Balaban J connectivity index is 1.62. The highest BCUT2D eigenvalue weighted by atomic mass is 32.2. The van der Waals surface area contributed by atoms with E-state index in [9.17, 15) is 31.5 Å². The second-order valence-electron chi connectivity index (χ2n) is 13.2. The summed E-state index contributed by atoms with van der Waals surface area (Å²) in [5.74, 6) is -0.296. The number of aromatic nitrogens is 1. The molecule has 0 saturated heterocycles. The maximum absolute atomic E-state index is 14.4. The molecule has 4 rings (SSSR count). The maximum atomic E-state index is 14.4. The molecule has 276 valence electrons. The fraction of sp³-hybridized carbons (Fsp3) is 0.543. The summed E-state index contributed by atoms with van der Waals surface area (Å²) in [7, 11) is -2.25. The maximum Gasteiger partial charge on any atom is 0.416 e. The van der Waals surface area contributed by atoms with Gasteiger partial charge in [-0.15, -0.1) is 0 Å². The molecule has 0 spiro atoms. The number of halogens is 3. The van der Waals surface area contributed by atoms with Crippen molar-refractivity contribution < 1.29 is 45.5 Å². The van der Waals surface area contributed by atoms with Gasteiger partial charge in [0, 0.05) is 37.8 Å². The molecule has 0 bridgehead atoms. The van der Waals surface area contributed by atoms with E-state index in [1.54, 1.807) is 13.0 Å². The summed E-state index contributed by atoms with van der Waals surface area (Å²) in [6, 6.07) is 8.97. The lowest BCUT2D eigenvalue weighted by molar-refractivity contribution is -0.137. The normalized spacial score (nSPS) is 20.6. The topological polar surface area (TPSA) is 134 Å². The quantitative estimate of drug-likeness (QED) is 0.271. The van der Waals surface area contributed by atoms with E-state index in [4.69, 9.17) is 14.0 Å². The van der Waals surface area contributed by atoms with Crippen LogP contribution in [-0.4, -0.2) is 86.0 Å². The van der Waals surface area contributed by atoms with E-state index in [0.717, 1.165) is 25.0 Å². The Bertz CT molecular complexity index is 1680. The number of aliphatic hydroxyl groups excluding tert-OH is 1. The van der Waals surface area contributed by atoms with E-state index in [2.05, 4.69) is 9.88 Å². The summed E-state index contributed by atoms with van der Waals surface area (Å²) >= 11 is 0. The first-order valence-electron chi connectivity index (χ1n) is 16.6. The molecular weight excluding hydrogens is 677 g/mol. The highest BCUT2D eigenvalue weighted by Crippen LogP contribution is 2.31. The molecule has 0 saturated carbocycles. The number of ether oxygens (including phenoxy) is 2. The van der Waals surface area contributed by atoms with Crippen LogP contribution >= 0.6 is 0 Å². The fourth-order valence-corrected chi connectivity index (χ4v) is 7.38. The van der Waals surface area contributed by atoms with Crippen LogP contribution in [0.25, 0.3) is 0 Å². The van der Waals surface area contributed by atoms with Gasteiger partial charge in [-0.2, -0.15) is 13.2 Å². The minimum Gasteiger partial charge on any atom is -0.490 e. The van der Waals surface area contributed by atoms with Gasteiger partial charge in [0.05, 0.1) is 36.0 Å². The number of sulfonamides is 1. The predicted octanol–water partition coefficient (Wildman–Crippen LogP) is 6.04. The van der Waals surface area contributed by atoms with Gasteiger partial charge >= 0.3 is 6.18 Å². The number of hydrogen-bond donors (Lipinski definition) is 2. The van der Waals surface area contributed by atoms with Crippen molar-refractivity contribution in [1.82, 2.24) is 15.0 Å². The third-order valence-corrected chi connectivity index (χ3v) is 10.4. The van der Waals surface area contributed by atoms with Gasteiger partial charge in [-0.25, -0.2) is 8.42 Å². The molecule has 50 heavy (non-hydrogen) atoms. The van der Waals surface area contributed by atoms with Crippen LogP contribution in [0.5, 0.6) is 5.75 Å². The Morgan fingerprint density at radius 2 is 1.82 bits per heavy atom. The van der Waals surface area contributed by atoms with Crippen LogP contribution < -0.4 is 9.46 Å². The number of fused-ring (bicyclic) bond motifs is 1. The smallest absolute Gasteiger partial charge is 0.416 e. The molecule has 15 heteroatoms. The zero-order valence-electron chi connectivity index (χ0n) is 29.3. The van der Waals surface area contributed by atoms with Crippen molar-refractivity contribution in [1.29, 1.82) is 0 Å². The van der Waals surface area contributed by atoms with Gasteiger partial charge in [-0.1, -0.05) is 24.2 Å². The van der Waals surface area contributed by atoms with Gasteiger partial charge in [0.15, 0.2) is 10.7 Å². The van der Waals surface area contributed by atoms with Crippen LogP contribution in [0.3, 0.4) is 0 Å². The number of nitrogens with zero attached hydrogens (tertiary/aromatic N) is 3. The number of carbonyl (C=O) groups is 1. The average molecular weight is 725 g/mol. The number of aryl methyl sites for hydroxylation is 2. The summed E-state index contributed by atoms with van der Waals surface area (Å²) in [5.41, 5.74) is 0.453. The minimum absolute atomic E-state index is 0.0903. The Morgan fingerprint density at radius 1 is 1.12 bits per heavy atom. The Labute approximate surface area is 291 Å². The molecule has 2 N–H and O–H groups in total. The molecule has 2 heterocycles. The number of aliphatic hydroxyl groups is 1. The van der Waals surface area contributed by atoms with Crippen molar-refractivity contribution in [2.24, 2.45) is 5.92 Å². The summed E-state index contributed by atoms with van der Waals surface area (Å²) in [6.07, 6.45) is -2.84. The Kier molecular flexibility index (Phi) is 13.0. The monoisotopic (exact) mass is 724 g/mol. The molecule has 1 amide bonds. The van der Waals surface area contributed by atoms with Crippen molar-refractivity contribution in [3.05, 3.63) is 70.6 Å². The minimum atomic E-state index is -4.41. The second-order valence-corrected chi connectivity index (χ2v) is 14.8. The van der Waals surface area contributed by atoms with Gasteiger partial charge in [0.1, 0.15) is 11.4 Å². The number of amides is 1. The van der Waals surface area contributed by atoms with Gasteiger partial charge in [-0.3, -0.25) is 14.4 Å². The van der Waals surface area contributed by atoms with Crippen LogP contribution in [0.4, 0.5) is 18.9 Å². The number of carbonyl (C=O) groups excluding carboxylic acids is 1. The second kappa shape index (κ2) is 16.6. The number of hydrogen-bond acceptors (Lipinski definition) is 9. The third kappa shape index (κ3) is 9.98. The van der Waals surface area contributed by atoms with E-state index in [0.29, 0.717) is 31.7 Å². The molecule has 4 atom stereocenters. The highest BCUT2D eigenvalue weighted by molar-refractivity contribution is 7.92. The summed E-state index contributed by atoms with van der Waals surface area (Å²) in [4.78, 5) is 17.8. The molecule has 2 aromatic carbocycles. The van der Waals surface area contributed by atoms with Crippen LogP contribution in [-0.2, 0) is 27.5 Å². The average Bonchev–Trinajstić information content (AvgIpc) is 3.40. The van der Waals surface area contributed by atoms with Crippen molar-refractivity contribution in [2.45, 2.75) is 89.7 Å². The van der Waals surface area contributed by atoms with E-state index in [-0.39, 0.29) is 64.6 Å². The van der Waals surface area contributed by atoms with Crippen LogP contribution in [0.15, 0.2) is 51.9 Å². The van der Waals surface area contributed by atoms with Crippen molar-refractivity contribution >= 4 is 21.6 Å². The number of nitrogens with one attached hydrogen (secondary N) is 1. The first-order valence-corrected chi connectivity index (χ1v) is 18.1. The number of alkyl halides is 3. The molecule has 0 radical (unpaired) electrons. The molecule has 0 fully saturated rings. The van der Waals surface area contributed by atoms with Gasteiger partial charge < -0.3 is 24.0 Å². The lowest BCUT2D eigenvalue weighted by Gasteiger charge is -2.36. The summed E-state index contributed by atoms with van der Waals surface area (Å²) in [6.45, 7) is 9.70. The van der Waals surface area contributed by atoms with Crippen molar-refractivity contribution in [3.63, 3.8) is 0 Å². The Hall–Kier alpha value is -3.66. The van der Waals surface area contributed by atoms with Gasteiger partial charge in [0.2, 0.25) is 0 Å². The molecule has 1 aliphatic rings. The molecular formula is C35H47F3N4O7S. The third-order valence-electron chi connectivity index (χ3n) is 8.77. The molecule has 0 aliphatic carbocycles. The van der Waals surface area contributed by atoms with Crippen LogP contribution in [0, 0.1) is 19.8 Å². The summed E-state index contributed by atoms with van der Waals surface area (Å²) < 4.78 is 86.0. The highest BCUT2D eigenvalue weighted by Gasteiger charge is 2.32. The largest absolute Gasteiger partial charge is 0.490 e. The molecule has 0 unspecified atom stereocenters. The van der Waals surface area contributed by atoms with Crippen molar-refractivity contribution in [2.75, 3.05) is 38.1 Å². The molecule has 1 aliphatic heterocycles. The van der Waals surface area contributed by atoms with E-state index in [1.807, 2.05) is 25.8 Å². The predicted molar refractivity (Wildman–Crippen MR) is 181 cm³/mol. The first-order chi connectivity index (χ1) is 23.5. The lowest BCUT2D eigenvalue weighted by atomic mass is 10.0. The van der Waals surface area contributed by atoms with E-state index in [1.165, 1.54) is 43.0 Å². The first kappa shape index (κ1) is 39.1. The molecule has 11 nitrogen and oxygen atoms in total. The van der Waals surface area contributed by atoms with Gasteiger partial charge in [-0.05, 0) is 89.9 Å². The van der Waals surface area contributed by atoms with Crippen molar-refractivity contribution in [3.8, 4) is 5.75 Å². The Morgan fingerprint density at radius 3 is 2.44 bits per heavy atom. The van der Waals surface area contributed by atoms with Gasteiger partial charge in [0.25, 0.3) is 15.9 Å².